The summed E-state index contributed by atoms with van der Waals surface area (Å²) in [5, 5.41) is 11.4. The topological polar surface area (TPSA) is 78.0 Å². The Hall–Kier alpha value is -4.06. The molecular weight excluding hydrogens is 378 g/mol. The van der Waals surface area contributed by atoms with Crippen LogP contribution in [0.4, 0.5) is 5.69 Å². The predicted molar refractivity (Wildman–Crippen MR) is 119 cm³/mol. The van der Waals surface area contributed by atoms with Crippen LogP contribution in [0.5, 0.6) is 0 Å². The van der Waals surface area contributed by atoms with Gasteiger partial charge in [-0.25, -0.2) is 4.98 Å². The van der Waals surface area contributed by atoms with Gasteiger partial charge >= 0.3 is 0 Å². The van der Waals surface area contributed by atoms with Crippen molar-refractivity contribution in [2.75, 3.05) is 0 Å². The molecule has 0 saturated carbocycles. The van der Waals surface area contributed by atoms with Crippen LogP contribution in [0.25, 0.3) is 28.7 Å². The largest absolute Gasteiger partial charge is 0.269 e. The van der Waals surface area contributed by atoms with Gasteiger partial charge in [0.25, 0.3) is 11.2 Å². The summed E-state index contributed by atoms with van der Waals surface area (Å²) >= 11 is 0. The van der Waals surface area contributed by atoms with E-state index >= 15 is 0 Å². The highest BCUT2D eigenvalue weighted by Gasteiger charge is 2.13. The number of benzene rings is 3. The summed E-state index contributed by atoms with van der Waals surface area (Å²) in [7, 11) is 0. The van der Waals surface area contributed by atoms with Crippen LogP contribution in [0.2, 0.25) is 0 Å². The number of rotatable bonds is 4. The van der Waals surface area contributed by atoms with Crippen LogP contribution >= 0.6 is 0 Å². The lowest BCUT2D eigenvalue weighted by Crippen LogP contribution is -2.23. The molecular formula is C24H19N3O3. The number of para-hydroxylation sites is 1. The van der Waals surface area contributed by atoms with Crippen LogP contribution in [0.1, 0.15) is 22.5 Å². The number of nitro groups is 1. The van der Waals surface area contributed by atoms with E-state index in [1.165, 1.54) is 12.1 Å². The van der Waals surface area contributed by atoms with E-state index in [0.717, 1.165) is 22.4 Å². The molecule has 0 aliphatic carbocycles. The Morgan fingerprint density at radius 1 is 0.967 bits per heavy atom. The van der Waals surface area contributed by atoms with E-state index in [1.54, 1.807) is 34.9 Å². The molecule has 0 aliphatic rings. The molecule has 30 heavy (non-hydrogen) atoms. The van der Waals surface area contributed by atoms with E-state index in [1.807, 2.05) is 50.2 Å². The van der Waals surface area contributed by atoms with Crippen molar-refractivity contribution in [3.05, 3.63) is 110 Å². The fraction of sp³-hybridized carbons (Fsp3) is 0.0833. The third-order valence-electron chi connectivity index (χ3n) is 4.92. The molecule has 1 aromatic heterocycles. The van der Waals surface area contributed by atoms with E-state index in [9.17, 15) is 14.9 Å². The summed E-state index contributed by atoms with van der Waals surface area (Å²) in [5.41, 5.74) is 4.13. The number of nitrogens with zero attached hydrogens (tertiary/aromatic N) is 3. The van der Waals surface area contributed by atoms with Crippen molar-refractivity contribution < 1.29 is 4.92 Å². The fourth-order valence-electron chi connectivity index (χ4n) is 3.43. The van der Waals surface area contributed by atoms with Gasteiger partial charge in [-0.15, -0.1) is 0 Å². The Balaban J connectivity index is 1.89. The molecule has 0 unspecified atom stereocenters. The standard InChI is InChI=1S/C24H19N3O3/c1-16-7-13-22(17(2)15-16)26-23(25-21-6-4-3-5-20(21)24(26)28)14-10-18-8-11-19(12-9-18)27(29)30/h3-15H,1-2H3. The quantitative estimate of drug-likeness (QED) is 0.355. The van der Waals surface area contributed by atoms with Gasteiger partial charge < -0.3 is 0 Å². The third kappa shape index (κ3) is 3.63. The highest BCUT2D eigenvalue weighted by atomic mass is 16.6. The van der Waals surface area contributed by atoms with Crippen molar-refractivity contribution in [1.29, 1.82) is 0 Å². The zero-order chi connectivity index (χ0) is 21.3. The van der Waals surface area contributed by atoms with E-state index in [2.05, 4.69) is 0 Å². The molecule has 0 amide bonds. The Bertz CT molecular complexity index is 1350. The van der Waals surface area contributed by atoms with Crippen molar-refractivity contribution in [1.82, 2.24) is 9.55 Å². The van der Waals surface area contributed by atoms with Crippen molar-refractivity contribution in [2.45, 2.75) is 13.8 Å². The van der Waals surface area contributed by atoms with Gasteiger partial charge in [0, 0.05) is 12.1 Å². The van der Waals surface area contributed by atoms with Gasteiger partial charge in [0.1, 0.15) is 5.82 Å². The molecule has 0 spiro atoms. The maximum absolute atomic E-state index is 13.3. The van der Waals surface area contributed by atoms with E-state index < -0.39 is 4.92 Å². The number of aryl methyl sites for hydroxylation is 2. The van der Waals surface area contributed by atoms with Crippen LogP contribution < -0.4 is 5.56 Å². The first-order chi connectivity index (χ1) is 14.4. The minimum atomic E-state index is -0.434. The van der Waals surface area contributed by atoms with Gasteiger partial charge in [0.15, 0.2) is 0 Å². The second-order valence-corrected chi connectivity index (χ2v) is 7.10. The first kappa shape index (κ1) is 19.3. The highest BCUT2D eigenvalue weighted by molar-refractivity contribution is 5.80. The summed E-state index contributed by atoms with van der Waals surface area (Å²) in [6, 6.07) is 19.4. The van der Waals surface area contributed by atoms with E-state index in [0.29, 0.717) is 16.7 Å². The number of nitro benzene ring substituents is 1. The summed E-state index contributed by atoms with van der Waals surface area (Å²) in [6.07, 6.45) is 3.55. The van der Waals surface area contributed by atoms with Gasteiger partial charge in [-0.3, -0.25) is 19.5 Å². The van der Waals surface area contributed by atoms with Crippen molar-refractivity contribution in [3.63, 3.8) is 0 Å². The summed E-state index contributed by atoms with van der Waals surface area (Å²) in [5.74, 6) is 0.490. The molecule has 0 N–H and O–H groups in total. The number of hydrogen-bond donors (Lipinski definition) is 0. The number of fused-ring (bicyclic) bond motifs is 1. The van der Waals surface area contributed by atoms with Gasteiger partial charge in [-0.1, -0.05) is 35.9 Å². The van der Waals surface area contributed by atoms with Crippen LogP contribution in [0.3, 0.4) is 0 Å². The predicted octanol–water partition coefficient (Wildman–Crippen LogP) is 5.08. The molecule has 6 nitrogen and oxygen atoms in total. The summed E-state index contributed by atoms with van der Waals surface area (Å²) in [4.78, 5) is 28.5. The lowest BCUT2D eigenvalue weighted by molar-refractivity contribution is -0.384. The summed E-state index contributed by atoms with van der Waals surface area (Å²) < 4.78 is 1.61. The maximum atomic E-state index is 13.3. The molecule has 0 bridgehead atoms. The molecule has 4 rings (SSSR count). The number of aromatic nitrogens is 2. The Labute approximate surface area is 172 Å². The van der Waals surface area contributed by atoms with Crippen LogP contribution in [0.15, 0.2) is 71.5 Å². The van der Waals surface area contributed by atoms with Gasteiger partial charge in [-0.05, 0) is 61.4 Å². The van der Waals surface area contributed by atoms with E-state index in [4.69, 9.17) is 4.98 Å². The molecule has 0 fully saturated rings. The van der Waals surface area contributed by atoms with Crippen LogP contribution in [-0.2, 0) is 0 Å². The zero-order valence-corrected chi connectivity index (χ0v) is 16.6. The molecule has 0 saturated heterocycles. The molecule has 6 heteroatoms. The SMILES string of the molecule is Cc1ccc(-n2c(C=Cc3ccc([N+](=O)[O-])cc3)nc3ccccc3c2=O)c(C)c1. The molecule has 0 atom stereocenters. The van der Waals surface area contributed by atoms with Crippen molar-refractivity contribution in [3.8, 4) is 5.69 Å². The first-order valence-electron chi connectivity index (χ1n) is 9.46. The Kier molecular flexibility index (Phi) is 4.98. The smallest absolute Gasteiger partial charge is 0.268 e. The highest BCUT2D eigenvalue weighted by Crippen LogP contribution is 2.20. The molecule has 0 aliphatic heterocycles. The average molecular weight is 397 g/mol. The molecule has 0 radical (unpaired) electrons. The molecule has 148 valence electrons. The van der Waals surface area contributed by atoms with Gasteiger partial charge in [0.2, 0.25) is 0 Å². The average Bonchev–Trinajstić information content (AvgIpc) is 2.73. The fourth-order valence-corrected chi connectivity index (χ4v) is 3.43. The van der Waals surface area contributed by atoms with Gasteiger partial charge in [0.05, 0.1) is 21.5 Å². The minimum Gasteiger partial charge on any atom is -0.268 e. The zero-order valence-electron chi connectivity index (χ0n) is 16.6. The third-order valence-corrected chi connectivity index (χ3v) is 4.92. The lowest BCUT2D eigenvalue weighted by Gasteiger charge is -2.14. The molecule has 4 aromatic rings. The first-order valence-corrected chi connectivity index (χ1v) is 9.46. The monoisotopic (exact) mass is 397 g/mol. The molecule has 3 aromatic carbocycles. The molecule has 1 heterocycles. The van der Waals surface area contributed by atoms with Crippen LogP contribution in [0, 0.1) is 24.0 Å². The van der Waals surface area contributed by atoms with Gasteiger partial charge in [-0.2, -0.15) is 0 Å². The van der Waals surface area contributed by atoms with Crippen molar-refractivity contribution >= 4 is 28.7 Å². The number of non-ortho nitro benzene ring substituents is 1. The number of hydrogen-bond acceptors (Lipinski definition) is 4. The lowest BCUT2D eigenvalue weighted by atomic mass is 10.1. The normalized spacial score (nSPS) is 11.3. The summed E-state index contributed by atoms with van der Waals surface area (Å²) in [6.45, 7) is 3.97. The maximum Gasteiger partial charge on any atom is 0.269 e. The van der Waals surface area contributed by atoms with Crippen LogP contribution in [-0.4, -0.2) is 14.5 Å². The Morgan fingerprint density at radius 2 is 1.70 bits per heavy atom. The second kappa shape index (κ2) is 7.75. The van der Waals surface area contributed by atoms with Crippen molar-refractivity contribution in [2.24, 2.45) is 0 Å². The minimum absolute atomic E-state index is 0.0307. The van der Waals surface area contributed by atoms with E-state index in [-0.39, 0.29) is 11.2 Å². The Morgan fingerprint density at radius 3 is 2.40 bits per heavy atom. The second-order valence-electron chi connectivity index (χ2n) is 7.10.